The van der Waals surface area contributed by atoms with Crippen molar-refractivity contribution in [1.29, 1.82) is 0 Å². The van der Waals surface area contributed by atoms with E-state index in [9.17, 15) is 14.0 Å². The van der Waals surface area contributed by atoms with Gasteiger partial charge < -0.3 is 9.64 Å². The van der Waals surface area contributed by atoms with Crippen molar-refractivity contribution in [3.63, 3.8) is 0 Å². The highest BCUT2D eigenvalue weighted by Crippen LogP contribution is 2.44. The molecule has 4 heterocycles. The highest BCUT2D eigenvalue weighted by atomic mass is 19.1. The van der Waals surface area contributed by atoms with Crippen LogP contribution in [-0.2, 0) is 4.79 Å². The van der Waals surface area contributed by atoms with Crippen LogP contribution in [-0.4, -0.2) is 34.9 Å². The smallest absolute Gasteiger partial charge is 0.267 e. The highest BCUT2D eigenvalue weighted by Gasteiger charge is 2.42. The van der Waals surface area contributed by atoms with Crippen LogP contribution in [0.15, 0.2) is 48.8 Å². The number of fused-ring (bicyclic) bond motifs is 2. The molecule has 2 aliphatic heterocycles. The number of likely N-dealkylation sites (N-methyl/N-ethyl adjacent to an activating group) is 1. The van der Waals surface area contributed by atoms with E-state index in [0.29, 0.717) is 11.1 Å². The normalized spacial score (nSPS) is 19.9. The minimum Gasteiger partial charge on any atom is -0.463 e. The first-order valence-corrected chi connectivity index (χ1v) is 9.54. The van der Waals surface area contributed by atoms with E-state index in [1.807, 2.05) is 0 Å². The number of nitrogens with zero attached hydrogens (tertiary/aromatic N) is 4. The predicted octanol–water partition coefficient (Wildman–Crippen LogP) is 3.25. The van der Waals surface area contributed by atoms with Gasteiger partial charge in [-0.1, -0.05) is 12.1 Å². The molecule has 7 nitrogen and oxygen atoms in total. The third-order valence-corrected chi connectivity index (χ3v) is 5.48. The lowest BCUT2D eigenvalue weighted by Gasteiger charge is -2.31. The van der Waals surface area contributed by atoms with Crippen molar-refractivity contribution >= 4 is 23.3 Å². The lowest BCUT2D eigenvalue weighted by molar-refractivity contribution is -0.125. The summed E-state index contributed by atoms with van der Waals surface area (Å²) in [5.74, 6) is -2.56. The monoisotopic (exact) mass is 422 g/mol. The maximum atomic E-state index is 15.3. The fraction of sp³-hybridized carbons (Fsp3) is 0.182. The Labute approximate surface area is 175 Å². The number of halogens is 2. The summed E-state index contributed by atoms with van der Waals surface area (Å²) in [5, 5.41) is 0. The Hall–Kier alpha value is -3.88. The molecule has 0 N–H and O–H groups in total. The summed E-state index contributed by atoms with van der Waals surface area (Å²) in [6, 6.07) is 7.68. The Morgan fingerprint density at radius 2 is 1.94 bits per heavy atom. The molecular weight excluding hydrogens is 406 g/mol. The van der Waals surface area contributed by atoms with Crippen LogP contribution in [0.1, 0.15) is 34.5 Å². The zero-order valence-corrected chi connectivity index (χ0v) is 16.5. The van der Waals surface area contributed by atoms with Gasteiger partial charge in [-0.05, 0) is 36.2 Å². The fourth-order valence-electron chi connectivity index (χ4n) is 3.98. The molecule has 0 saturated carbocycles. The van der Waals surface area contributed by atoms with Crippen LogP contribution in [0, 0.1) is 11.6 Å². The third kappa shape index (κ3) is 2.84. The van der Waals surface area contributed by atoms with Crippen LogP contribution < -0.4 is 14.5 Å². The lowest BCUT2D eigenvalue weighted by Crippen LogP contribution is -2.42. The zero-order valence-electron chi connectivity index (χ0n) is 16.5. The fourth-order valence-corrected chi connectivity index (χ4v) is 3.98. The van der Waals surface area contributed by atoms with Crippen LogP contribution in [0.25, 0.3) is 0 Å². The van der Waals surface area contributed by atoms with Crippen molar-refractivity contribution in [3.05, 3.63) is 77.1 Å². The van der Waals surface area contributed by atoms with Crippen LogP contribution in [0.3, 0.4) is 0 Å². The number of hydrogen-bond acceptors (Lipinski definition) is 5. The zero-order chi connectivity index (χ0) is 21.9. The second-order valence-electron chi connectivity index (χ2n) is 7.37. The number of rotatable bonds is 2. The molecule has 9 heteroatoms. The Bertz CT molecular complexity index is 1230. The maximum absolute atomic E-state index is 15.3. The van der Waals surface area contributed by atoms with Gasteiger partial charge in [0, 0.05) is 31.1 Å². The summed E-state index contributed by atoms with van der Waals surface area (Å²) in [5.41, 5.74) is 1.41. The number of carbonyl (C=O) groups is 2. The van der Waals surface area contributed by atoms with Gasteiger partial charge in [0.1, 0.15) is 11.5 Å². The molecule has 1 unspecified atom stereocenters. The number of carbonyl (C=O) groups excluding carboxylic acids is 2. The van der Waals surface area contributed by atoms with E-state index in [2.05, 4.69) is 9.97 Å². The number of hydrogen-bond donors (Lipinski definition) is 0. The van der Waals surface area contributed by atoms with E-state index in [0.717, 1.165) is 12.1 Å². The molecular formula is C22H16F2N4O3. The van der Waals surface area contributed by atoms with Crippen molar-refractivity contribution in [2.75, 3.05) is 16.8 Å². The highest BCUT2D eigenvalue weighted by molar-refractivity contribution is 6.11. The first-order valence-electron chi connectivity index (χ1n) is 9.54. The number of ether oxygens (including phenoxy) is 1. The molecule has 1 aromatic carbocycles. The van der Waals surface area contributed by atoms with Crippen molar-refractivity contribution < 1.29 is 23.1 Å². The average molecular weight is 422 g/mol. The van der Waals surface area contributed by atoms with E-state index in [4.69, 9.17) is 4.74 Å². The summed E-state index contributed by atoms with van der Waals surface area (Å²) >= 11 is 0. The second-order valence-corrected chi connectivity index (χ2v) is 7.37. The van der Waals surface area contributed by atoms with Crippen molar-refractivity contribution in [2.45, 2.75) is 19.1 Å². The molecule has 0 spiro atoms. The van der Waals surface area contributed by atoms with Crippen molar-refractivity contribution in [2.24, 2.45) is 0 Å². The van der Waals surface area contributed by atoms with Gasteiger partial charge in [-0.2, -0.15) is 4.98 Å². The molecule has 2 amide bonds. The average Bonchev–Trinajstić information content (AvgIpc) is 3.05. The van der Waals surface area contributed by atoms with E-state index in [-0.39, 0.29) is 28.9 Å². The SMILES string of the molecule is C[C@H]1Oc2nc(N3C(=O)c4cc(F)ccc4C3c3cccnc3)c(F)cc2N(C)C1=O. The van der Waals surface area contributed by atoms with Gasteiger partial charge in [0.15, 0.2) is 17.7 Å². The van der Waals surface area contributed by atoms with Crippen LogP contribution in [0.4, 0.5) is 20.3 Å². The van der Waals surface area contributed by atoms with Gasteiger partial charge in [0.05, 0.1) is 6.04 Å². The molecule has 0 saturated heterocycles. The van der Waals surface area contributed by atoms with E-state index >= 15 is 4.39 Å². The molecule has 2 atom stereocenters. The topological polar surface area (TPSA) is 75.6 Å². The Morgan fingerprint density at radius 3 is 2.68 bits per heavy atom. The molecule has 0 fully saturated rings. The summed E-state index contributed by atoms with van der Waals surface area (Å²) in [6.45, 7) is 1.56. The first-order chi connectivity index (χ1) is 14.9. The molecule has 156 valence electrons. The predicted molar refractivity (Wildman–Crippen MR) is 107 cm³/mol. The number of anilines is 2. The molecule has 3 aromatic rings. The van der Waals surface area contributed by atoms with Crippen molar-refractivity contribution in [1.82, 2.24) is 9.97 Å². The largest absolute Gasteiger partial charge is 0.463 e. The number of amides is 2. The minimum atomic E-state index is -0.813. The molecule has 0 aliphatic carbocycles. The van der Waals surface area contributed by atoms with E-state index < -0.39 is 29.7 Å². The Morgan fingerprint density at radius 1 is 1.13 bits per heavy atom. The van der Waals surface area contributed by atoms with Gasteiger partial charge in [0.2, 0.25) is 5.88 Å². The molecule has 31 heavy (non-hydrogen) atoms. The summed E-state index contributed by atoms with van der Waals surface area (Å²) in [7, 11) is 1.50. The van der Waals surface area contributed by atoms with Gasteiger partial charge in [-0.25, -0.2) is 8.78 Å². The number of pyridine rings is 2. The van der Waals surface area contributed by atoms with Gasteiger partial charge in [-0.3, -0.25) is 19.5 Å². The quantitative estimate of drug-likeness (QED) is 0.634. The van der Waals surface area contributed by atoms with Crippen LogP contribution in [0.2, 0.25) is 0 Å². The number of benzene rings is 1. The first kappa shape index (κ1) is 19.1. The van der Waals surface area contributed by atoms with Gasteiger partial charge in [-0.15, -0.1) is 0 Å². The lowest BCUT2D eigenvalue weighted by atomic mass is 9.99. The van der Waals surface area contributed by atoms with E-state index in [1.165, 1.54) is 29.0 Å². The Kier molecular flexibility index (Phi) is 4.21. The molecule has 2 aliphatic rings. The standard InChI is InChI=1S/C22H16F2N4O3/c1-11-21(29)27(2)17-9-16(24)19(26-20(17)31-11)28-18(12-4-3-7-25-10-12)14-6-5-13(23)8-15(14)22(28)30/h3-11,18H,1-2H3/t11-,18?/m1/s1. The molecule has 0 radical (unpaired) electrons. The molecule has 5 rings (SSSR count). The second kappa shape index (κ2) is 6.83. The summed E-state index contributed by atoms with van der Waals surface area (Å²) in [6.07, 6.45) is 2.33. The summed E-state index contributed by atoms with van der Waals surface area (Å²) < 4.78 is 34.7. The summed E-state index contributed by atoms with van der Waals surface area (Å²) in [4.78, 5) is 36.2. The maximum Gasteiger partial charge on any atom is 0.267 e. The van der Waals surface area contributed by atoms with Crippen LogP contribution in [0.5, 0.6) is 5.88 Å². The van der Waals surface area contributed by atoms with Crippen LogP contribution >= 0.6 is 0 Å². The van der Waals surface area contributed by atoms with Gasteiger partial charge in [0.25, 0.3) is 11.8 Å². The molecule has 0 bridgehead atoms. The third-order valence-electron chi connectivity index (χ3n) is 5.48. The number of aromatic nitrogens is 2. The Balaban J connectivity index is 1.70. The van der Waals surface area contributed by atoms with E-state index in [1.54, 1.807) is 31.5 Å². The molecule has 2 aromatic heterocycles. The van der Waals surface area contributed by atoms with Gasteiger partial charge >= 0.3 is 0 Å². The minimum absolute atomic E-state index is 0.0332. The van der Waals surface area contributed by atoms with Crippen molar-refractivity contribution in [3.8, 4) is 5.88 Å².